The standard InChI is InChI=1S/C24H32N2O3/c1-18-7-10-23(11-8-18)29-17-22(27)16-26(14-20-9-12-24(28)25-13-20)15-21-6-4-3-5-19(21)2/h3-8,10-11,20,22,27H,9,12-17H2,1-2H3,(H,25,28). The number of piperidine rings is 1. The maximum Gasteiger partial charge on any atom is 0.220 e. The van der Waals surface area contributed by atoms with Crippen molar-refractivity contribution < 1.29 is 14.6 Å². The number of aliphatic hydroxyl groups is 1. The highest BCUT2D eigenvalue weighted by Crippen LogP contribution is 2.17. The first kappa shape index (κ1) is 21.3. The van der Waals surface area contributed by atoms with Gasteiger partial charge in [-0.3, -0.25) is 9.69 Å². The molecule has 2 aromatic rings. The van der Waals surface area contributed by atoms with Crippen LogP contribution in [0, 0.1) is 19.8 Å². The smallest absolute Gasteiger partial charge is 0.220 e. The van der Waals surface area contributed by atoms with Crippen LogP contribution in [0.1, 0.15) is 29.5 Å². The fraction of sp³-hybridized carbons (Fsp3) is 0.458. The number of aryl methyl sites for hydroxylation is 2. The highest BCUT2D eigenvalue weighted by molar-refractivity contribution is 5.76. The number of carbonyl (C=O) groups excluding carboxylic acids is 1. The van der Waals surface area contributed by atoms with Gasteiger partial charge in [-0.05, 0) is 49.4 Å². The summed E-state index contributed by atoms with van der Waals surface area (Å²) < 4.78 is 5.77. The number of nitrogens with zero attached hydrogens (tertiary/aromatic N) is 1. The lowest BCUT2D eigenvalue weighted by atomic mass is 9.98. The molecule has 0 aromatic heterocycles. The molecule has 0 radical (unpaired) electrons. The number of carbonyl (C=O) groups is 1. The predicted octanol–water partition coefficient (Wildman–Crippen LogP) is 3.07. The van der Waals surface area contributed by atoms with E-state index in [-0.39, 0.29) is 12.5 Å². The lowest BCUT2D eigenvalue weighted by Crippen LogP contribution is -2.43. The number of ether oxygens (including phenoxy) is 1. The third kappa shape index (κ3) is 6.87. The molecule has 1 saturated heterocycles. The number of amides is 1. The molecule has 3 rings (SSSR count). The van der Waals surface area contributed by atoms with Gasteiger partial charge in [-0.25, -0.2) is 0 Å². The van der Waals surface area contributed by atoms with E-state index in [9.17, 15) is 9.90 Å². The first-order chi connectivity index (χ1) is 14.0. The monoisotopic (exact) mass is 396 g/mol. The van der Waals surface area contributed by atoms with Crippen molar-refractivity contribution in [2.45, 2.75) is 39.3 Å². The van der Waals surface area contributed by atoms with Gasteiger partial charge in [-0.1, -0.05) is 42.0 Å². The van der Waals surface area contributed by atoms with Crippen molar-refractivity contribution in [2.75, 3.05) is 26.2 Å². The van der Waals surface area contributed by atoms with Gasteiger partial charge in [0, 0.05) is 32.6 Å². The Morgan fingerprint density at radius 1 is 1.17 bits per heavy atom. The Morgan fingerprint density at radius 2 is 1.93 bits per heavy atom. The van der Waals surface area contributed by atoms with E-state index in [0.717, 1.165) is 25.3 Å². The van der Waals surface area contributed by atoms with E-state index in [1.165, 1.54) is 16.7 Å². The van der Waals surface area contributed by atoms with Crippen LogP contribution in [0.2, 0.25) is 0 Å². The van der Waals surface area contributed by atoms with Crippen molar-refractivity contribution in [3.05, 3.63) is 65.2 Å². The van der Waals surface area contributed by atoms with Gasteiger partial charge in [-0.15, -0.1) is 0 Å². The highest BCUT2D eigenvalue weighted by atomic mass is 16.5. The zero-order valence-electron chi connectivity index (χ0n) is 17.4. The quantitative estimate of drug-likeness (QED) is 0.684. The summed E-state index contributed by atoms with van der Waals surface area (Å²) in [7, 11) is 0. The minimum atomic E-state index is -0.585. The molecule has 2 N–H and O–H groups in total. The zero-order chi connectivity index (χ0) is 20.6. The van der Waals surface area contributed by atoms with Gasteiger partial charge in [0.15, 0.2) is 0 Å². The van der Waals surface area contributed by atoms with Gasteiger partial charge >= 0.3 is 0 Å². The number of benzene rings is 2. The Kier molecular flexibility index (Phi) is 7.67. The van der Waals surface area contributed by atoms with E-state index in [4.69, 9.17) is 4.74 Å². The summed E-state index contributed by atoms with van der Waals surface area (Å²) in [5.41, 5.74) is 3.70. The Labute approximate surface area is 173 Å². The maximum atomic E-state index is 11.5. The topological polar surface area (TPSA) is 61.8 Å². The van der Waals surface area contributed by atoms with E-state index in [2.05, 4.69) is 35.3 Å². The molecule has 0 aliphatic carbocycles. The fourth-order valence-electron chi connectivity index (χ4n) is 3.71. The molecule has 156 valence electrons. The van der Waals surface area contributed by atoms with E-state index < -0.39 is 6.10 Å². The predicted molar refractivity (Wildman–Crippen MR) is 115 cm³/mol. The molecule has 2 aromatic carbocycles. The molecular weight excluding hydrogens is 364 g/mol. The Balaban J connectivity index is 1.59. The fourth-order valence-corrected chi connectivity index (χ4v) is 3.71. The number of rotatable bonds is 9. The first-order valence-electron chi connectivity index (χ1n) is 10.4. The highest BCUT2D eigenvalue weighted by Gasteiger charge is 2.22. The lowest BCUT2D eigenvalue weighted by Gasteiger charge is -2.31. The Bertz CT molecular complexity index is 781. The summed E-state index contributed by atoms with van der Waals surface area (Å²) in [6.45, 7) is 7.27. The summed E-state index contributed by atoms with van der Waals surface area (Å²) in [6, 6.07) is 16.2. The van der Waals surface area contributed by atoms with Crippen molar-refractivity contribution in [1.29, 1.82) is 0 Å². The summed E-state index contributed by atoms with van der Waals surface area (Å²) in [4.78, 5) is 13.8. The first-order valence-corrected chi connectivity index (χ1v) is 10.4. The van der Waals surface area contributed by atoms with Crippen molar-refractivity contribution in [2.24, 2.45) is 5.92 Å². The van der Waals surface area contributed by atoms with Gasteiger partial charge in [-0.2, -0.15) is 0 Å². The molecule has 0 bridgehead atoms. The van der Waals surface area contributed by atoms with Gasteiger partial charge in [0.05, 0.1) is 0 Å². The Hall–Kier alpha value is -2.37. The van der Waals surface area contributed by atoms with Crippen LogP contribution in [0.5, 0.6) is 5.75 Å². The number of hydrogen-bond acceptors (Lipinski definition) is 4. The minimum absolute atomic E-state index is 0.137. The van der Waals surface area contributed by atoms with Crippen LogP contribution in [0.25, 0.3) is 0 Å². The molecule has 0 saturated carbocycles. The molecule has 1 heterocycles. The second-order valence-electron chi connectivity index (χ2n) is 8.11. The largest absolute Gasteiger partial charge is 0.491 e. The van der Waals surface area contributed by atoms with Crippen LogP contribution in [0.3, 0.4) is 0 Å². The van der Waals surface area contributed by atoms with Crippen molar-refractivity contribution in [3.63, 3.8) is 0 Å². The van der Waals surface area contributed by atoms with E-state index in [1.807, 2.05) is 37.3 Å². The molecule has 5 heteroatoms. The molecule has 1 fully saturated rings. The molecule has 1 amide bonds. The van der Waals surface area contributed by atoms with Gasteiger partial charge in [0.2, 0.25) is 5.91 Å². The van der Waals surface area contributed by atoms with Crippen molar-refractivity contribution >= 4 is 5.91 Å². The zero-order valence-corrected chi connectivity index (χ0v) is 17.4. The van der Waals surface area contributed by atoms with E-state index >= 15 is 0 Å². The normalized spacial score (nSPS) is 17.8. The Morgan fingerprint density at radius 3 is 2.62 bits per heavy atom. The summed E-state index contributed by atoms with van der Waals surface area (Å²) in [5.74, 6) is 1.32. The van der Waals surface area contributed by atoms with Crippen LogP contribution in [0.4, 0.5) is 0 Å². The SMILES string of the molecule is Cc1ccc(OCC(O)CN(Cc2ccccc2C)CC2CCC(=O)NC2)cc1. The van der Waals surface area contributed by atoms with E-state index in [1.54, 1.807) is 0 Å². The minimum Gasteiger partial charge on any atom is -0.491 e. The third-order valence-corrected chi connectivity index (χ3v) is 5.47. The average Bonchev–Trinajstić information content (AvgIpc) is 2.71. The molecule has 2 unspecified atom stereocenters. The maximum absolute atomic E-state index is 11.5. The molecule has 29 heavy (non-hydrogen) atoms. The average molecular weight is 397 g/mol. The van der Waals surface area contributed by atoms with Crippen LogP contribution in [-0.2, 0) is 11.3 Å². The summed E-state index contributed by atoms with van der Waals surface area (Å²) >= 11 is 0. The third-order valence-electron chi connectivity index (χ3n) is 5.47. The molecular formula is C24H32N2O3. The summed E-state index contributed by atoms with van der Waals surface area (Å²) in [5, 5.41) is 13.6. The van der Waals surface area contributed by atoms with Crippen LogP contribution >= 0.6 is 0 Å². The van der Waals surface area contributed by atoms with Crippen LogP contribution in [0.15, 0.2) is 48.5 Å². The molecule has 1 aliphatic heterocycles. The lowest BCUT2D eigenvalue weighted by molar-refractivity contribution is -0.123. The second-order valence-corrected chi connectivity index (χ2v) is 8.11. The van der Waals surface area contributed by atoms with Crippen LogP contribution in [-0.4, -0.2) is 48.3 Å². The van der Waals surface area contributed by atoms with Gasteiger partial charge < -0.3 is 15.2 Å². The molecule has 5 nitrogen and oxygen atoms in total. The number of nitrogens with one attached hydrogen (secondary N) is 1. The van der Waals surface area contributed by atoms with Gasteiger partial charge in [0.1, 0.15) is 18.5 Å². The second kappa shape index (κ2) is 10.4. The molecule has 0 spiro atoms. The van der Waals surface area contributed by atoms with Crippen molar-refractivity contribution in [1.82, 2.24) is 10.2 Å². The molecule has 1 aliphatic rings. The summed E-state index contributed by atoms with van der Waals surface area (Å²) in [6.07, 6.45) is 0.895. The van der Waals surface area contributed by atoms with E-state index in [0.29, 0.717) is 25.4 Å². The van der Waals surface area contributed by atoms with Crippen LogP contribution < -0.4 is 10.1 Å². The molecule has 2 atom stereocenters. The number of hydrogen-bond donors (Lipinski definition) is 2. The van der Waals surface area contributed by atoms with Gasteiger partial charge in [0.25, 0.3) is 0 Å². The van der Waals surface area contributed by atoms with Crippen molar-refractivity contribution in [3.8, 4) is 5.75 Å². The number of aliphatic hydroxyl groups excluding tert-OH is 1.